The van der Waals surface area contributed by atoms with Crippen LogP contribution in [0.25, 0.3) is 0 Å². The van der Waals surface area contributed by atoms with Crippen molar-refractivity contribution in [3.05, 3.63) is 28.8 Å². The average molecular weight is 310 g/mol. The summed E-state index contributed by atoms with van der Waals surface area (Å²) in [6, 6.07) is 6.03. The number of anilines is 1. The molecule has 1 amide bonds. The molecule has 1 heterocycles. The number of carbonyl (C=O) groups excluding carboxylic acids is 1. The van der Waals surface area contributed by atoms with E-state index in [1.807, 2.05) is 25.1 Å². The lowest BCUT2D eigenvalue weighted by molar-refractivity contribution is -0.117. The second-order valence-electron chi connectivity index (χ2n) is 5.52. The van der Waals surface area contributed by atoms with Gasteiger partial charge in [-0.3, -0.25) is 9.69 Å². The van der Waals surface area contributed by atoms with Crippen LogP contribution in [0, 0.1) is 6.92 Å². The van der Waals surface area contributed by atoms with E-state index in [1.165, 1.54) is 6.42 Å². The van der Waals surface area contributed by atoms with E-state index >= 15 is 0 Å². The van der Waals surface area contributed by atoms with Gasteiger partial charge < -0.3 is 10.6 Å². The molecule has 0 bridgehead atoms. The van der Waals surface area contributed by atoms with E-state index in [1.54, 1.807) is 0 Å². The highest BCUT2D eigenvalue weighted by atomic mass is 35.5. The van der Waals surface area contributed by atoms with Crippen LogP contribution in [0.4, 0.5) is 5.69 Å². The van der Waals surface area contributed by atoms with Gasteiger partial charge in [0, 0.05) is 23.3 Å². The number of nitrogens with one attached hydrogen (secondary N) is 2. The molecule has 0 aromatic heterocycles. The Morgan fingerprint density at radius 1 is 1.52 bits per heavy atom. The number of likely N-dealkylation sites (N-methyl/N-ethyl adjacent to an activating group) is 1. The van der Waals surface area contributed by atoms with Gasteiger partial charge in [0.1, 0.15) is 0 Å². The van der Waals surface area contributed by atoms with E-state index in [-0.39, 0.29) is 5.91 Å². The first-order valence-corrected chi connectivity index (χ1v) is 7.99. The minimum Gasteiger partial charge on any atom is -0.325 e. The quantitative estimate of drug-likeness (QED) is 0.879. The van der Waals surface area contributed by atoms with Crippen LogP contribution in [0.15, 0.2) is 18.2 Å². The van der Waals surface area contributed by atoms with Gasteiger partial charge in [0.05, 0.1) is 6.54 Å². The average Bonchev–Trinajstić information content (AvgIpc) is 2.50. The molecule has 2 rings (SSSR count). The van der Waals surface area contributed by atoms with Crippen molar-refractivity contribution >= 4 is 23.2 Å². The summed E-state index contributed by atoms with van der Waals surface area (Å²) in [5.41, 5.74) is 1.71. The Labute approximate surface area is 131 Å². The first-order chi connectivity index (χ1) is 10.1. The molecule has 1 atom stereocenters. The van der Waals surface area contributed by atoms with E-state index in [0.717, 1.165) is 37.3 Å². The minimum absolute atomic E-state index is 0.0211. The van der Waals surface area contributed by atoms with Crippen molar-refractivity contribution in [1.82, 2.24) is 10.2 Å². The van der Waals surface area contributed by atoms with Gasteiger partial charge in [0.2, 0.25) is 5.91 Å². The fourth-order valence-corrected chi connectivity index (χ4v) is 2.94. The molecule has 2 N–H and O–H groups in total. The van der Waals surface area contributed by atoms with E-state index in [0.29, 0.717) is 17.6 Å². The molecule has 116 valence electrons. The van der Waals surface area contributed by atoms with Crippen molar-refractivity contribution in [3.63, 3.8) is 0 Å². The summed E-state index contributed by atoms with van der Waals surface area (Å²) in [4.78, 5) is 14.5. The summed E-state index contributed by atoms with van der Waals surface area (Å²) in [5.74, 6) is 0.0211. The van der Waals surface area contributed by atoms with Gasteiger partial charge in [0.25, 0.3) is 0 Å². The number of hydrogen-bond acceptors (Lipinski definition) is 3. The van der Waals surface area contributed by atoms with Crippen LogP contribution in [0.2, 0.25) is 5.02 Å². The van der Waals surface area contributed by atoms with Gasteiger partial charge in [-0.05, 0) is 50.6 Å². The number of piperidine rings is 1. The van der Waals surface area contributed by atoms with Gasteiger partial charge >= 0.3 is 0 Å². The summed E-state index contributed by atoms with van der Waals surface area (Å²) < 4.78 is 0. The second-order valence-corrected chi connectivity index (χ2v) is 5.93. The van der Waals surface area contributed by atoms with Gasteiger partial charge in [-0.25, -0.2) is 0 Å². The Hall–Kier alpha value is -1.10. The van der Waals surface area contributed by atoms with Crippen LogP contribution in [-0.4, -0.2) is 43.0 Å². The van der Waals surface area contributed by atoms with Gasteiger partial charge in [0.15, 0.2) is 0 Å². The normalized spacial score (nSPS) is 18.8. The third-order valence-corrected chi connectivity index (χ3v) is 4.49. The van der Waals surface area contributed by atoms with Crippen LogP contribution >= 0.6 is 11.6 Å². The number of halogens is 1. The van der Waals surface area contributed by atoms with E-state index in [2.05, 4.69) is 22.5 Å². The minimum atomic E-state index is 0.0211. The molecule has 0 radical (unpaired) electrons. The number of amides is 1. The fourth-order valence-electron chi connectivity index (χ4n) is 2.76. The molecule has 1 saturated heterocycles. The van der Waals surface area contributed by atoms with E-state index in [4.69, 9.17) is 11.6 Å². The lowest BCUT2D eigenvalue weighted by Crippen LogP contribution is -2.48. The Morgan fingerprint density at radius 3 is 3.00 bits per heavy atom. The first kappa shape index (κ1) is 16.3. The molecule has 1 aromatic carbocycles. The zero-order valence-electron chi connectivity index (χ0n) is 12.8. The maximum Gasteiger partial charge on any atom is 0.238 e. The molecule has 5 heteroatoms. The molecular weight excluding hydrogens is 286 g/mol. The Morgan fingerprint density at radius 2 is 2.33 bits per heavy atom. The maximum absolute atomic E-state index is 12.3. The third kappa shape index (κ3) is 4.43. The van der Waals surface area contributed by atoms with Gasteiger partial charge in [-0.15, -0.1) is 0 Å². The number of carbonyl (C=O) groups is 1. The summed E-state index contributed by atoms with van der Waals surface area (Å²) in [5, 5.41) is 7.05. The third-order valence-electron chi connectivity index (χ3n) is 4.08. The fraction of sp³-hybridized carbons (Fsp3) is 0.562. The molecule has 1 unspecified atom stereocenters. The first-order valence-electron chi connectivity index (χ1n) is 7.61. The summed E-state index contributed by atoms with van der Waals surface area (Å²) in [6.45, 7) is 7.38. The highest BCUT2D eigenvalue weighted by Crippen LogP contribution is 2.23. The van der Waals surface area contributed by atoms with Crippen molar-refractivity contribution < 1.29 is 4.79 Å². The number of rotatable bonds is 5. The largest absolute Gasteiger partial charge is 0.325 e. The standard InChI is InChI=1S/C16H24ClN3O/c1-3-20(13-6-5-9-18-10-13)11-16(21)19-15-8-4-7-14(17)12(15)2/h4,7-8,13,18H,3,5-6,9-11H2,1-2H3,(H,19,21). The summed E-state index contributed by atoms with van der Waals surface area (Å²) in [6.07, 6.45) is 2.33. The monoisotopic (exact) mass is 309 g/mol. The van der Waals surface area contributed by atoms with Crippen LogP contribution in [0.3, 0.4) is 0 Å². The van der Waals surface area contributed by atoms with Crippen LogP contribution in [0.5, 0.6) is 0 Å². The number of nitrogens with zero attached hydrogens (tertiary/aromatic N) is 1. The molecule has 0 saturated carbocycles. The zero-order valence-corrected chi connectivity index (χ0v) is 13.5. The Kier molecular flexibility index (Phi) is 6.03. The zero-order chi connectivity index (χ0) is 15.2. The van der Waals surface area contributed by atoms with Crippen LogP contribution < -0.4 is 10.6 Å². The highest BCUT2D eigenvalue weighted by molar-refractivity contribution is 6.31. The Balaban J connectivity index is 1.94. The van der Waals surface area contributed by atoms with Crippen molar-refractivity contribution in [2.45, 2.75) is 32.7 Å². The highest BCUT2D eigenvalue weighted by Gasteiger charge is 2.21. The SMILES string of the molecule is CCN(CC(=O)Nc1cccc(Cl)c1C)C1CCCNC1. The van der Waals surface area contributed by atoms with Gasteiger partial charge in [-0.2, -0.15) is 0 Å². The topological polar surface area (TPSA) is 44.4 Å². The van der Waals surface area contributed by atoms with E-state index in [9.17, 15) is 4.79 Å². The summed E-state index contributed by atoms with van der Waals surface area (Å²) in [7, 11) is 0. The van der Waals surface area contributed by atoms with Crippen LogP contribution in [-0.2, 0) is 4.79 Å². The van der Waals surface area contributed by atoms with Crippen LogP contribution in [0.1, 0.15) is 25.3 Å². The Bertz CT molecular complexity index is 486. The molecule has 1 aromatic rings. The smallest absolute Gasteiger partial charge is 0.238 e. The predicted molar refractivity (Wildman–Crippen MR) is 88.0 cm³/mol. The lowest BCUT2D eigenvalue weighted by Gasteiger charge is -2.33. The maximum atomic E-state index is 12.3. The molecule has 1 fully saturated rings. The molecule has 0 spiro atoms. The number of benzene rings is 1. The molecule has 21 heavy (non-hydrogen) atoms. The molecule has 1 aliphatic heterocycles. The number of hydrogen-bond donors (Lipinski definition) is 2. The molecule has 1 aliphatic rings. The lowest BCUT2D eigenvalue weighted by atomic mass is 10.1. The second kappa shape index (κ2) is 7.78. The molecule has 0 aliphatic carbocycles. The van der Waals surface area contributed by atoms with Crippen molar-refractivity contribution in [2.75, 3.05) is 31.5 Å². The predicted octanol–water partition coefficient (Wildman–Crippen LogP) is 2.66. The van der Waals surface area contributed by atoms with Gasteiger partial charge in [-0.1, -0.05) is 24.6 Å². The van der Waals surface area contributed by atoms with Crippen molar-refractivity contribution in [1.29, 1.82) is 0 Å². The summed E-state index contributed by atoms with van der Waals surface area (Å²) >= 11 is 6.08. The molecular formula is C16H24ClN3O. The van der Waals surface area contributed by atoms with E-state index < -0.39 is 0 Å². The van der Waals surface area contributed by atoms with Crippen molar-refractivity contribution in [2.24, 2.45) is 0 Å². The molecule has 4 nitrogen and oxygen atoms in total. The van der Waals surface area contributed by atoms with Crippen molar-refractivity contribution in [3.8, 4) is 0 Å².